The Morgan fingerprint density at radius 2 is 0.471 bits per heavy atom. The van der Waals surface area contributed by atoms with Crippen LogP contribution in [0.3, 0.4) is 0 Å². The number of carbonyl (C=O) groups excluding carboxylic acids is 7. The molecule has 0 aromatic heterocycles. The first-order valence-electron chi connectivity index (χ1n) is 21.0. The van der Waals surface area contributed by atoms with E-state index in [9.17, 15) is 97.8 Å². The Balaban J connectivity index is 6.84. The lowest BCUT2D eigenvalue weighted by atomic mass is 10.0. The number of rotatable bonds is 35. The molecule has 0 aliphatic heterocycles. The smallest absolute Gasteiger partial charge is 0.303 e. The highest BCUT2D eigenvalue weighted by atomic mass is 16.4. The van der Waals surface area contributed by atoms with Gasteiger partial charge in [0.15, 0.2) is 5.78 Å². The van der Waals surface area contributed by atoms with Crippen molar-refractivity contribution in [1.82, 2.24) is 37.2 Å². The number of hydrogen-bond acceptors (Lipinski definition) is 15. The Labute approximate surface area is 388 Å². The number of Topliss-reactive ketones (excluding diaryl/α,β-unsaturated/α-hetero) is 1. The number of nitrogens with one attached hydrogen (secondary N) is 7. The average molecular weight is 976 g/mol. The zero-order valence-corrected chi connectivity index (χ0v) is 37.8. The van der Waals surface area contributed by atoms with Crippen molar-refractivity contribution in [3.63, 3.8) is 0 Å². The highest BCUT2D eigenvalue weighted by Gasteiger charge is 2.35. The molecule has 0 aliphatic carbocycles. The van der Waals surface area contributed by atoms with E-state index in [2.05, 4.69) is 37.2 Å². The standard InChI is InChI=1S/C40H61N7O21/c1-19(48)20(5-12-27(49)50)41-34(63)21(6-13-28(51)52)42-35(64)22(7-14-29(53)54)43-36(65)23(8-15-30(55)56)44-37(66)24(9-16-31(57)58)45-38(67)25(10-17-32(59)60)46-39(68)26(11-18-33(61)62)47-40(2,3)4/h20-26,47H,5-18H2,1-4H3,(H,41,63)(H,42,64)(H,43,65)(H,44,66)(H,45,67)(H,46,68)(H,49,50)(H,51,52)(H,53,54)(H,55,56)(H,57,58)(H,59,60)(H,61,62)/t20-,21-,22-,23-,24-,25-,26-/m0/s1. The van der Waals surface area contributed by atoms with E-state index in [4.69, 9.17) is 5.11 Å². The SMILES string of the molecule is CC(=O)[C@H](CCC(=O)O)NC(=O)[C@H](CCC(=O)O)NC(=O)[C@H](CCC(=O)O)NC(=O)[C@H](CCC(=O)O)NC(=O)[C@H](CCC(=O)O)NC(=O)[C@H](CCC(=O)O)NC(=O)[C@H](CCC(=O)O)NC(C)(C)C. The minimum atomic E-state index is -1.96. The molecule has 0 aromatic carbocycles. The van der Waals surface area contributed by atoms with Crippen LogP contribution in [-0.2, 0) is 67.1 Å². The van der Waals surface area contributed by atoms with Gasteiger partial charge in [-0.1, -0.05) is 0 Å². The number of aliphatic carboxylic acids is 7. The van der Waals surface area contributed by atoms with Gasteiger partial charge in [0.2, 0.25) is 35.4 Å². The predicted molar refractivity (Wildman–Crippen MR) is 227 cm³/mol. The van der Waals surface area contributed by atoms with Crippen LogP contribution in [0.5, 0.6) is 0 Å². The lowest BCUT2D eigenvalue weighted by Crippen LogP contribution is -2.60. The summed E-state index contributed by atoms with van der Waals surface area (Å²) in [5.41, 5.74) is -0.781. The Hall–Kier alpha value is -7.26. The summed E-state index contributed by atoms with van der Waals surface area (Å²) in [6.07, 6.45) is -9.26. The molecule has 0 rings (SSSR count). The number of amides is 6. The lowest BCUT2D eigenvalue weighted by Gasteiger charge is -2.30. The first-order chi connectivity index (χ1) is 31.4. The predicted octanol–water partition coefficient (Wildman–Crippen LogP) is -2.71. The van der Waals surface area contributed by atoms with Crippen LogP contribution in [0.25, 0.3) is 0 Å². The van der Waals surface area contributed by atoms with Crippen LogP contribution < -0.4 is 37.2 Å². The Morgan fingerprint density at radius 1 is 0.309 bits per heavy atom. The fraction of sp³-hybridized carbons (Fsp3) is 0.650. The van der Waals surface area contributed by atoms with Crippen LogP contribution in [0, 0.1) is 0 Å². The van der Waals surface area contributed by atoms with Crippen LogP contribution in [-0.4, -0.2) is 167 Å². The molecule has 0 heterocycles. The van der Waals surface area contributed by atoms with Crippen molar-refractivity contribution in [1.29, 1.82) is 0 Å². The maximum atomic E-state index is 13.8. The number of hydrogen-bond donors (Lipinski definition) is 14. The summed E-state index contributed by atoms with van der Waals surface area (Å²) in [5, 5.41) is 81.0. The monoisotopic (exact) mass is 975 g/mol. The van der Waals surface area contributed by atoms with Crippen LogP contribution in [0.4, 0.5) is 0 Å². The second kappa shape index (κ2) is 30.1. The van der Waals surface area contributed by atoms with E-state index in [-0.39, 0.29) is 6.42 Å². The quantitative estimate of drug-likeness (QED) is 0.0307. The van der Waals surface area contributed by atoms with Crippen molar-refractivity contribution < 1.29 is 103 Å². The van der Waals surface area contributed by atoms with Gasteiger partial charge in [0.25, 0.3) is 0 Å². The molecule has 0 bridgehead atoms. The molecule has 6 amide bonds. The van der Waals surface area contributed by atoms with E-state index < -0.39 is 214 Å². The van der Waals surface area contributed by atoms with Gasteiger partial charge in [0.1, 0.15) is 30.2 Å². The molecule has 0 fully saturated rings. The summed E-state index contributed by atoms with van der Waals surface area (Å²) in [5.74, 6) is -18.1. The summed E-state index contributed by atoms with van der Waals surface area (Å²) >= 11 is 0. The van der Waals surface area contributed by atoms with E-state index in [0.717, 1.165) is 6.92 Å². The molecule has 14 N–H and O–H groups in total. The molecular weight excluding hydrogens is 914 g/mol. The summed E-state index contributed by atoms with van der Waals surface area (Å²) in [4.78, 5) is 174. The fourth-order valence-electron chi connectivity index (χ4n) is 6.02. The van der Waals surface area contributed by atoms with Gasteiger partial charge in [0.05, 0.1) is 12.1 Å². The van der Waals surface area contributed by atoms with Crippen molar-refractivity contribution in [2.45, 2.75) is 165 Å². The zero-order chi connectivity index (χ0) is 52.5. The number of carbonyl (C=O) groups is 14. The molecule has 0 aliphatic rings. The molecule has 0 saturated heterocycles. The topological polar surface area (TPSA) is 465 Å². The van der Waals surface area contributed by atoms with E-state index in [1.165, 1.54) is 0 Å². The maximum absolute atomic E-state index is 13.8. The van der Waals surface area contributed by atoms with E-state index in [0.29, 0.717) is 0 Å². The van der Waals surface area contributed by atoms with Gasteiger partial charge >= 0.3 is 41.8 Å². The number of carboxylic acid groups (broad SMARTS) is 7. The lowest BCUT2D eigenvalue weighted by molar-refractivity contribution is -0.141. The minimum Gasteiger partial charge on any atom is -0.481 e. The van der Waals surface area contributed by atoms with Crippen molar-refractivity contribution in [2.75, 3.05) is 0 Å². The van der Waals surface area contributed by atoms with Crippen molar-refractivity contribution in [2.24, 2.45) is 0 Å². The largest absolute Gasteiger partial charge is 0.481 e. The molecule has 68 heavy (non-hydrogen) atoms. The summed E-state index contributed by atoms with van der Waals surface area (Å²) < 4.78 is 0. The van der Waals surface area contributed by atoms with Gasteiger partial charge in [-0.05, 0) is 72.6 Å². The van der Waals surface area contributed by atoms with Gasteiger partial charge in [-0.25, -0.2) is 0 Å². The van der Waals surface area contributed by atoms with Crippen LogP contribution in [0.15, 0.2) is 0 Å². The summed E-state index contributed by atoms with van der Waals surface area (Å²) in [7, 11) is 0. The van der Waals surface area contributed by atoms with Gasteiger partial charge < -0.3 is 73.0 Å². The van der Waals surface area contributed by atoms with Crippen LogP contribution in [0.2, 0.25) is 0 Å². The van der Waals surface area contributed by atoms with E-state index >= 15 is 0 Å². The Morgan fingerprint density at radius 3 is 0.647 bits per heavy atom. The molecule has 7 atom stereocenters. The van der Waals surface area contributed by atoms with Gasteiger partial charge in [-0.2, -0.15) is 0 Å². The highest BCUT2D eigenvalue weighted by Crippen LogP contribution is 2.11. The third-order valence-corrected chi connectivity index (χ3v) is 9.42. The summed E-state index contributed by atoms with van der Waals surface area (Å²) in [6.45, 7) is 5.96. The molecule has 0 radical (unpaired) electrons. The van der Waals surface area contributed by atoms with Gasteiger partial charge in [-0.3, -0.25) is 67.1 Å². The molecule has 0 saturated carbocycles. The Kier molecular flexibility index (Phi) is 26.9. The number of carboxylic acids is 7. The molecule has 0 spiro atoms. The van der Waals surface area contributed by atoms with E-state index in [1.807, 2.05) is 0 Å². The summed E-state index contributed by atoms with van der Waals surface area (Å²) in [6, 6.07) is -12.0. The zero-order valence-electron chi connectivity index (χ0n) is 37.8. The third kappa shape index (κ3) is 27.3. The number of ketones is 1. The van der Waals surface area contributed by atoms with Crippen molar-refractivity contribution in [3.8, 4) is 0 Å². The fourth-order valence-corrected chi connectivity index (χ4v) is 6.02. The Bertz CT molecular complexity index is 1880. The first-order valence-corrected chi connectivity index (χ1v) is 21.0. The second-order valence-corrected chi connectivity index (χ2v) is 16.5. The highest BCUT2D eigenvalue weighted by molar-refractivity contribution is 5.98. The van der Waals surface area contributed by atoms with Gasteiger partial charge in [0, 0.05) is 50.5 Å². The van der Waals surface area contributed by atoms with Crippen molar-refractivity contribution >= 4 is 83.0 Å². The third-order valence-electron chi connectivity index (χ3n) is 9.42. The van der Waals surface area contributed by atoms with Gasteiger partial charge in [-0.15, -0.1) is 0 Å². The first kappa shape index (κ1) is 60.7. The second-order valence-electron chi connectivity index (χ2n) is 16.5. The normalized spacial score (nSPS) is 14.1. The molecular formula is C40H61N7O21. The minimum absolute atomic E-state index is 0.285. The molecule has 0 unspecified atom stereocenters. The maximum Gasteiger partial charge on any atom is 0.303 e. The average Bonchev–Trinajstić information content (AvgIpc) is 3.20. The van der Waals surface area contributed by atoms with Crippen molar-refractivity contribution in [3.05, 3.63) is 0 Å². The van der Waals surface area contributed by atoms with E-state index in [1.54, 1.807) is 20.8 Å². The van der Waals surface area contributed by atoms with Crippen LogP contribution in [0.1, 0.15) is 118 Å². The molecule has 382 valence electrons. The molecule has 0 aromatic rings. The molecule has 28 heteroatoms. The van der Waals surface area contributed by atoms with Crippen LogP contribution >= 0.6 is 0 Å². The molecule has 28 nitrogen and oxygen atoms in total.